The van der Waals surface area contributed by atoms with Crippen molar-refractivity contribution < 1.29 is 28.2 Å². The Hall–Kier alpha value is -2.90. The molecule has 1 aromatic heterocycles. The second-order valence-corrected chi connectivity index (χ2v) is 4.22. The number of nitrogen functional groups attached to an aromatic ring is 1. The first-order valence-corrected chi connectivity index (χ1v) is 5.77. The molecule has 0 spiro atoms. The highest BCUT2D eigenvalue weighted by atomic mass is 19.1. The quantitative estimate of drug-likeness (QED) is 0.880. The molecule has 21 heavy (non-hydrogen) atoms. The fraction of sp³-hybridized carbons (Fsp3) is 0.0769. The van der Waals surface area contributed by atoms with E-state index in [1.54, 1.807) is 0 Å². The minimum absolute atomic E-state index is 0.0284. The fourth-order valence-corrected chi connectivity index (χ4v) is 1.94. The third kappa shape index (κ3) is 2.00. The van der Waals surface area contributed by atoms with Crippen molar-refractivity contribution in [3.05, 3.63) is 35.5 Å². The van der Waals surface area contributed by atoms with E-state index in [1.807, 2.05) is 0 Å². The molecule has 0 atom stereocenters. The average Bonchev–Trinajstić information content (AvgIpc) is 2.92. The van der Waals surface area contributed by atoms with Crippen molar-refractivity contribution in [3.63, 3.8) is 0 Å². The van der Waals surface area contributed by atoms with Gasteiger partial charge in [0.05, 0.1) is 0 Å². The van der Waals surface area contributed by atoms with Crippen LogP contribution in [0.3, 0.4) is 0 Å². The van der Waals surface area contributed by atoms with Gasteiger partial charge in [0.15, 0.2) is 28.8 Å². The van der Waals surface area contributed by atoms with E-state index in [9.17, 15) is 13.6 Å². The van der Waals surface area contributed by atoms with Crippen LogP contribution in [0.2, 0.25) is 0 Å². The highest BCUT2D eigenvalue weighted by Crippen LogP contribution is 2.37. The van der Waals surface area contributed by atoms with Crippen LogP contribution in [-0.2, 0) is 0 Å². The maximum atomic E-state index is 14.1. The topological polar surface area (TPSA) is 94.7 Å². The average molecular weight is 294 g/mol. The molecule has 2 aromatic rings. The Bertz CT molecular complexity index is 764. The SMILES string of the molecule is Nc1c(F)c(C(=O)O)nc(-c2ccc3c(c2)OCO3)c1F. The monoisotopic (exact) mass is 294 g/mol. The van der Waals surface area contributed by atoms with E-state index in [2.05, 4.69) is 4.98 Å². The Labute approximate surface area is 116 Å². The van der Waals surface area contributed by atoms with Crippen molar-refractivity contribution in [3.8, 4) is 22.8 Å². The van der Waals surface area contributed by atoms with Gasteiger partial charge in [-0.1, -0.05) is 0 Å². The lowest BCUT2D eigenvalue weighted by Gasteiger charge is -2.09. The Morgan fingerprint density at radius 2 is 1.95 bits per heavy atom. The van der Waals surface area contributed by atoms with Gasteiger partial charge in [0.2, 0.25) is 6.79 Å². The lowest BCUT2D eigenvalue weighted by molar-refractivity contribution is 0.0685. The number of aromatic nitrogens is 1. The number of carboxylic acid groups (broad SMARTS) is 1. The van der Waals surface area contributed by atoms with Crippen LogP contribution in [0, 0.1) is 11.6 Å². The van der Waals surface area contributed by atoms with Gasteiger partial charge in [0.25, 0.3) is 0 Å². The summed E-state index contributed by atoms with van der Waals surface area (Å²) in [5.74, 6) is -3.34. The molecule has 3 N–H and O–H groups in total. The number of rotatable bonds is 2. The number of pyridine rings is 1. The van der Waals surface area contributed by atoms with Crippen molar-refractivity contribution in [1.82, 2.24) is 4.98 Å². The van der Waals surface area contributed by atoms with Gasteiger partial charge in [0, 0.05) is 5.56 Å². The number of hydrogen-bond donors (Lipinski definition) is 2. The smallest absolute Gasteiger partial charge is 0.357 e. The van der Waals surface area contributed by atoms with Crippen LogP contribution in [0.25, 0.3) is 11.3 Å². The molecule has 0 bridgehead atoms. The first-order chi connectivity index (χ1) is 9.99. The number of ether oxygens (including phenoxy) is 2. The molecule has 0 saturated carbocycles. The predicted molar refractivity (Wildman–Crippen MR) is 67.1 cm³/mol. The standard InChI is InChI=1S/C13H8F2N2O4/c14-8-10(16)9(15)12(13(18)19)17-11(8)5-1-2-6-7(3-5)21-4-20-6/h1-3H,4H2,(H2,16,17)(H,18,19). The van der Waals surface area contributed by atoms with E-state index in [0.717, 1.165) is 0 Å². The zero-order valence-corrected chi connectivity index (χ0v) is 10.4. The van der Waals surface area contributed by atoms with Gasteiger partial charge in [-0.15, -0.1) is 0 Å². The molecule has 0 fully saturated rings. The number of aromatic carboxylic acids is 1. The summed E-state index contributed by atoms with van der Waals surface area (Å²) < 4.78 is 37.9. The third-order valence-corrected chi connectivity index (χ3v) is 2.96. The molecule has 108 valence electrons. The number of nitrogens with zero attached hydrogens (tertiary/aromatic N) is 1. The molecular weight excluding hydrogens is 286 g/mol. The maximum absolute atomic E-state index is 14.1. The summed E-state index contributed by atoms with van der Waals surface area (Å²) in [4.78, 5) is 14.4. The number of anilines is 1. The molecule has 8 heteroatoms. The van der Waals surface area contributed by atoms with E-state index in [0.29, 0.717) is 11.5 Å². The van der Waals surface area contributed by atoms with Gasteiger partial charge in [-0.3, -0.25) is 0 Å². The summed E-state index contributed by atoms with van der Waals surface area (Å²) >= 11 is 0. The Morgan fingerprint density at radius 3 is 2.67 bits per heavy atom. The molecular formula is C13H8F2N2O4. The van der Waals surface area contributed by atoms with Gasteiger partial charge >= 0.3 is 5.97 Å². The zero-order chi connectivity index (χ0) is 15.1. The molecule has 0 unspecified atom stereocenters. The Kier molecular flexibility index (Phi) is 2.86. The summed E-state index contributed by atoms with van der Waals surface area (Å²) in [6.45, 7) is 0.0284. The van der Waals surface area contributed by atoms with Gasteiger partial charge in [-0.05, 0) is 18.2 Å². The number of carbonyl (C=O) groups is 1. The second kappa shape index (κ2) is 4.58. The first-order valence-electron chi connectivity index (χ1n) is 5.77. The van der Waals surface area contributed by atoms with Crippen LogP contribution < -0.4 is 15.2 Å². The second-order valence-electron chi connectivity index (χ2n) is 4.22. The predicted octanol–water partition coefficient (Wildman–Crippen LogP) is 2.04. The van der Waals surface area contributed by atoms with Crippen molar-refractivity contribution in [2.75, 3.05) is 12.5 Å². The first kappa shape index (κ1) is 13.1. The van der Waals surface area contributed by atoms with Crippen LogP contribution in [0.5, 0.6) is 11.5 Å². The molecule has 0 amide bonds. The van der Waals surface area contributed by atoms with E-state index in [1.165, 1.54) is 18.2 Å². The molecule has 3 rings (SSSR count). The summed E-state index contributed by atoms with van der Waals surface area (Å²) in [5, 5.41) is 8.88. The van der Waals surface area contributed by atoms with Crippen LogP contribution >= 0.6 is 0 Å². The van der Waals surface area contributed by atoms with Gasteiger partial charge in [-0.2, -0.15) is 0 Å². The van der Waals surface area contributed by atoms with Gasteiger partial charge in [0.1, 0.15) is 11.4 Å². The van der Waals surface area contributed by atoms with E-state index in [4.69, 9.17) is 20.3 Å². The minimum Gasteiger partial charge on any atom is -0.476 e. The number of carboxylic acids is 1. The van der Waals surface area contributed by atoms with Crippen molar-refractivity contribution in [1.29, 1.82) is 0 Å². The Morgan fingerprint density at radius 1 is 1.24 bits per heavy atom. The highest BCUT2D eigenvalue weighted by Gasteiger charge is 2.24. The van der Waals surface area contributed by atoms with Crippen LogP contribution in [0.4, 0.5) is 14.5 Å². The highest BCUT2D eigenvalue weighted by molar-refractivity contribution is 5.88. The molecule has 1 aliphatic rings. The van der Waals surface area contributed by atoms with Crippen molar-refractivity contribution >= 4 is 11.7 Å². The molecule has 6 nitrogen and oxygen atoms in total. The molecule has 2 heterocycles. The molecule has 0 aliphatic carbocycles. The normalized spacial score (nSPS) is 12.5. The summed E-state index contributed by atoms with van der Waals surface area (Å²) in [6.07, 6.45) is 0. The van der Waals surface area contributed by atoms with E-state index < -0.39 is 29.0 Å². The lowest BCUT2D eigenvalue weighted by Crippen LogP contribution is -2.11. The van der Waals surface area contributed by atoms with Crippen molar-refractivity contribution in [2.45, 2.75) is 0 Å². The van der Waals surface area contributed by atoms with Crippen LogP contribution in [0.15, 0.2) is 18.2 Å². The van der Waals surface area contributed by atoms with Crippen LogP contribution in [-0.4, -0.2) is 22.9 Å². The number of fused-ring (bicyclic) bond motifs is 1. The fourth-order valence-electron chi connectivity index (χ4n) is 1.94. The summed E-state index contributed by atoms with van der Waals surface area (Å²) in [6, 6.07) is 4.37. The molecule has 0 radical (unpaired) electrons. The summed E-state index contributed by atoms with van der Waals surface area (Å²) in [5.41, 5.74) is 3.25. The zero-order valence-electron chi connectivity index (χ0n) is 10.4. The van der Waals surface area contributed by atoms with Crippen molar-refractivity contribution in [2.24, 2.45) is 0 Å². The van der Waals surface area contributed by atoms with Gasteiger partial charge in [-0.25, -0.2) is 18.6 Å². The van der Waals surface area contributed by atoms with E-state index >= 15 is 0 Å². The number of nitrogens with two attached hydrogens (primary N) is 1. The molecule has 0 saturated heterocycles. The number of hydrogen-bond acceptors (Lipinski definition) is 5. The minimum atomic E-state index is -1.64. The van der Waals surface area contributed by atoms with E-state index in [-0.39, 0.29) is 18.1 Å². The van der Waals surface area contributed by atoms with Crippen LogP contribution in [0.1, 0.15) is 10.5 Å². The van der Waals surface area contributed by atoms with Gasteiger partial charge < -0.3 is 20.3 Å². The molecule has 1 aromatic carbocycles. The summed E-state index contributed by atoms with van der Waals surface area (Å²) in [7, 11) is 0. The maximum Gasteiger partial charge on any atom is 0.357 e. The third-order valence-electron chi connectivity index (χ3n) is 2.96. The lowest BCUT2D eigenvalue weighted by atomic mass is 10.1. The molecule has 1 aliphatic heterocycles. The Balaban J connectivity index is 2.20. The number of benzene rings is 1. The number of halogens is 2. The largest absolute Gasteiger partial charge is 0.476 e.